The van der Waals surface area contributed by atoms with E-state index in [0.29, 0.717) is 0 Å². The van der Waals surface area contributed by atoms with E-state index >= 15 is 0 Å². The van der Waals surface area contributed by atoms with Gasteiger partial charge >= 0.3 is 6.03 Å². The van der Waals surface area contributed by atoms with Gasteiger partial charge < -0.3 is 15.5 Å². The molecule has 1 fully saturated rings. The van der Waals surface area contributed by atoms with Gasteiger partial charge in [-0.15, -0.1) is 0 Å². The molecule has 1 aliphatic heterocycles. The molecule has 3 rings (SSSR count). The van der Waals surface area contributed by atoms with E-state index in [9.17, 15) is 4.79 Å². The predicted octanol–water partition coefficient (Wildman–Crippen LogP) is 3.10. The summed E-state index contributed by atoms with van der Waals surface area (Å²) in [6.07, 6.45) is 5.78. The molecule has 0 spiro atoms. The van der Waals surface area contributed by atoms with E-state index in [1.165, 1.54) is 37.1 Å². The fourth-order valence-corrected chi connectivity index (χ4v) is 3.91. The molecule has 0 saturated carbocycles. The van der Waals surface area contributed by atoms with E-state index in [0.717, 1.165) is 38.3 Å². The van der Waals surface area contributed by atoms with Crippen LogP contribution in [-0.2, 0) is 6.42 Å². The minimum Gasteiger partial charge on any atom is -0.338 e. The van der Waals surface area contributed by atoms with Crippen LogP contribution in [0.5, 0.6) is 0 Å². The Hall–Kier alpha value is -1.55. The van der Waals surface area contributed by atoms with Gasteiger partial charge in [0.2, 0.25) is 0 Å². The quantitative estimate of drug-likeness (QED) is 0.820. The third-order valence-electron chi connectivity index (χ3n) is 5.12. The van der Waals surface area contributed by atoms with Crippen molar-refractivity contribution in [3.05, 3.63) is 35.4 Å². The van der Waals surface area contributed by atoms with Crippen molar-refractivity contribution < 1.29 is 4.79 Å². The van der Waals surface area contributed by atoms with E-state index in [4.69, 9.17) is 0 Å². The van der Waals surface area contributed by atoms with E-state index < -0.39 is 0 Å². The van der Waals surface area contributed by atoms with Crippen LogP contribution in [0.4, 0.5) is 4.79 Å². The van der Waals surface area contributed by atoms with Gasteiger partial charge in [0.15, 0.2) is 0 Å². The van der Waals surface area contributed by atoms with Gasteiger partial charge in [0.1, 0.15) is 0 Å². The zero-order valence-corrected chi connectivity index (χ0v) is 14.2. The Kier molecular flexibility index (Phi) is 5.55. The van der Waals surface area contributed by atoms with Crippen LogP contribution in [0.3, 0.4) is 0 Å². The first-order valence-electron chi connectivity index (χ1n) is 9.07. The highest BCUT2D eigenvalue weighted by molar-refractivity contribution is 5.74. The Morgan fingerprint density at radius 2 is 2.17 bits per heavy atom. The highest BCUT2D eigenvalue weighted by atomic mass is 16.2. The Morgan fingerprint density at radius 1 is 1.30 bits per heavy atom. The highest BCUT2D eigenvalue weighted by Gasteiger charge is 2.23. The first-order valence-corrected chi connectivity index (χ1v) is 9.07. The first kappa shape index (κ1) is 16.3. The second-order valence-electron chi connectivity index (χ2n) is 7.09. The van der Waals surface area contributed by atoms with E-state index in [1.807, 2.05) is 0 Å². The topological polar surface area (TPSA) is 44.4 Å². The van der Waals surface area contributed by atoms with Gasteiger partial charge in [0.25, 0.3) is 0 Å². The van der Waals surface area contributed by atoms with Crippen LogP contribution in [0.2, 0.25) is 0 Å². The molecular weight excluding hydrogens is 286 g/mol. The lowest BCUT2D eigenvalue weighted by molar-refractivity contribution is 0.181. The van der Waals surface area contributed by atoms with E-state index in [1.54, 1.807) is 0 Å². The van der Waals surface area contributed by atoms with Crippen molar-refractivity contribution in [2.75, 3.05) is 26.2 Å². The monoisotopic (exact) mass is 315 g/mol. The molecule has 23 heavy (non-hydrogen) atoms. The van der Waals surface area contributed by atoms with E-state index in [2.05, 4.69) is 46.7 Å². The van der Waals surface area contributed by atoms with Gasteiger partial charge in [0.05, 0.1) is 6.04 Å². The van der Waals surface area contributed by atoms with Crippen LogP contribution < -0.4 is 10.6 Å². The molecule has 0 aromatic heterocycles. The number of aryl methyl sites for hydroxylation is 1. The molecule has 4 nitrogen and oxygen atoms in total. The second-order valence-corrected chi connectivity index (χ2v) is 7.09. The zero-order chi connectivity index (χ0) is 16.1. The number of benzene rings is 1. The number of carbonyl (C=O) groups is 1. The molecule has 126 valence electrons. The van der Waals surface area contributed by atoms with Gasteiger partial charge in [-0.1, -0.05) is 31.2 Å². The zero-order valence-electron chi connectivity index (χ0n) is 14.2. The van der Waals surface area contributed by atoms with Crippen molar-refractivity contribution in [2.45, 2.75) is 45.1 Å². The maximum absolute atomic E-state index is 12.1. The standard InChI is InChI=1S/C19H29N3O/c1-15-6-4-12-22(14-15)13-5-11-20-19(23)21-18-10-9-16-7-2-3-8-17(16)18/h2-3,7-8,15,18H,4-6,9-14H2,1H3,(H2,20,21,23). The summed E-state index contributed by atoms with van der Waals surface area (Å²) in [6, 6.07) is 8.56. The number of fused-ring (bicyclic) bond motifs is 1. The summed E-state index contributed by atoms with van der Waals surface area (Å²) in [7, 11) is 0. The number of amides is 2. The minimum absolute atomic E-state index is 0.0290. The average molecular weight is 315 g/mol. The Balaban J connectivity index is 1.34. The molecule has 2 unspecified atom stereocenters. The van der Waals surface area contributed by atoms with Gasteiger partial charge in [-0.2, -0.15) is 0 Å². The number of piperidine rings is 1. The highest BCUT2D eigenvalue weighted by Crippen LogP contribution is 2.30. The fraction of sp³-hybridized carbons (Fsp3) is 0.632. The van der Waals surface area contributed by atoms with Crippen molar-refractivity contribution in [3.63, 3.8) is 0 Å². The molecule has 1 aliphatic carbocycles. The molecule has 2 atom stereocenters. The van der Waals surface area contributed by atoms with Crippen LogP contribution in [0.25, 0.3) is 0 Å². The normalized spacial score (nSPS) is 24.2. The molecular formula is C19H29N3O. The predicted molar refractivity (Wildman–Crippen MR) is 93.5 cm³/mol. The van der Waals surface area contributed by atoms with Crippen LogP contribution in [0, 0.1) is 5.92 Å². The van der Waals surface area contributed by atoms with Crippen molar-refractivity contribution in [2.24, 2.45) is 5.92 Å². The fourth-order valence-electron chi connectivity index (χ4n) is 3.91. The molecule has 1 saturated heterocycles. The lowest BCUT2D eigenvalue weighted by Gasteiger charge is -2.30. The summed E-state index contributed by atoms with van der Waals surface area (Å²) >= 11 is 0. The molecule has 2 N–H and O–H groups in total. The third-order valence-corrected chi connectivity index (χ3v) is 5.12. The van der Waals surface area contributed by atoms with Gasteiger partial charge in [0, 0.05) is 13.1 Å². The smallest absolute Gasteiger partial charge is 0.315 e. The molecule has 2 amide bonds. The number of rotatable bonds is 5. The van der Waals surface area contributed by atoms with Crippen LogP contribution in [0.15, 0.2) is 24.3 Å². The number of hydrogen-bond acceptors (Lipinski definition) is 2. The second kappa shape index (κ2) is 7.82. The van der Waals surface area contributed by atoms with Crippen LogP contribution in [-0.4, -0.2) is 37.1 Å². The summed E-state index contributed by atoms with van der Waals surface area (Å²) < 4.78 is 0. The average Bonchev–Trinajstić information content (AvgIpc) is 2.95. The van der Waals surface area contributed by atoms with Crippen molar-refractivity contribution in [1.29, 1.82) is 0 Å². The minimum atomic E-state index is -0.0290. The van der Waals surface area contributed by atoms with Crippen molar-refractivity contribution in [3.8, 4) is 0 Å². The molecule has 0 radical (unpaired) electrons. The van der Waals surface area contributed by atoms with Gasteiger partial charge in [-0.25, -0.2) is 4.79 Å². The number of carbonyl (C=O) groups excluding carboxylic acids is 1. The molecule has 1 aromatic rings. The Morgan fingerprint density at radius 3 is 3.04 bits per heavy atom. The molecule has 4 heteroatoms. The summed E-state index contributed by atoms with van der Waals surface area (Å²) in [5.41, 5.74) is 2.65. The summed E-state index contributed by atoms with van der Waals surface area (Å²) in [5, 5.41) is 6.13. The molecule has 1 aromatic carbocycles. The molecule has 1 heterocycles. The first-order chi connectivity index (χ1) is 11.2. The lowest BCUT2D eigenvalue weighted by Crippen LogP contribution is -2.40. The van der Waals surface area contributed by atoms with Gasteiger partial charge in [-0.3, -0.25) is 0 Å². The summed E-state index contributed by atoms with van der Waals surface area (Å²) in [6.45, 7) is 6.61. The van der Waals surface area contributed by atoms with Crippen LogP contribution in [0.1, 0.15) is 49.8 Å². The number of hydrogen-bond donors (Lipinski definition) is 2. The van der Waals surface area contributed by atoms with Gasteiger partial charge in [-0.05, 0) is 62.2 Å². The lowest BCUT2D eigenvalue weighted by atomic mass is 10.0. The number of nitrogens with one attached hydrogen (secondary N) is 2. The Labute approximate surface area is 139 Å². The van der Waals surface area contributed by atoms with Crippen LogP contribution >= 0.6 is 0 Å². The summed E-state index contributed by atoms with van der Waals surface area (Å²) in [5.74, 6) is 0.822. The number of urea groups is 1. The maximum Gasteiger partial charge on any atom is 0.315 e. The van der Waals surface area contributed by atoms with Crippen molar-refractivity contribution in [1.82, 2.24) is 15.5 Å². The summed E-state index contributed by atoms with van der Waals surface area (Å²) in [4.78, 5) is 14.6. The largest absolute Gasteiger partial charge is 0.338 e. The molecule has 2 aliphatic rings. The SMILES string of the molecule is CC1CCCN(CCCNC(=O)NC2CCc3ccccc32)C1. The number of nitrogens with zero attached hydrogens (tertiary/aromatic N) is 1. The molecule has 0 bridgehead atoms. The third kappa shape index (κ3) is 4.47. The van der Waals surface area contributed by atoms with Crippen molar-refractivity contribution >= 4 is 6.03 Å². The Bertz CT molecular complexity index is 531. The van der Waals surface area contributed by atoms with E-state index in [-0.39, 0.29) is 12.1 Å². The maximum atomic E-state index is 12.1. The number of likely N-dealkylation sites (tertiary alicyclic amines) is 1.